The largest absolute Gasteiger partial charge is 0.502 e. The minimum atomic E-state index is -2.00. The lowest BCUT2D eigenvalue weighted by molar-refractivity contribution is -0.146. The summed E-state index contributed by atoms with van der Waals surface area (Å²) in [6.45, 7) is -1.63. The summed E-state index contributed by atoms with van der Waals surface area (Å²) in [5.74, 6) is -1.40. The molecule has 11 heteroatoms. The molecule has 0 aromatic heterocycles. The number of phenolic OH excluding ortho intramolecular Hbond substituents is 1. The highest BCUT2D eigenvalue weighted by atomic mass is 16.5. The Morgan fingerprint density at radius 1 is 0.926 bits per heavy atom. The van der Waals surface area contributed by atoms with Crippen molar-refractivity contribution in [3.63, 3.8) is 0 Å². The van der Waals surface area contributed by atoms with Gasteiger partial charge in [-0.15, -0.1) is 0 Å². The molecule has 1 aromatic rings. The molecule has 154 valence electrons. The standard InChI is InChI=1S/C16H24O11/c1-25-10-3-7(4-11(26-2)14(10)22)16(24)27-6-9(19)13(21)15(23)12(20)8(18)5-17/h3-4,8-9,12-13,15,17-23H,5-6H2,1-2H3. The molecule has 0 saturated carbocycles. The first-order chi connectivity index (χ1) is 12.7. The summed E-state index contributed by atoms with van der Waals surface area (Å²) >= 11 is 0. The molecular formula is C16H24O11. The topological polar surface area (TPSA) is 186 Å². The van der Waals surface area contributed by atoms with Crippen molar-refractivity contribution in [1.29, 1.82) is 0 Å². The van der Waals surface area contributed by atoms with Crippen molar-refractivity contribution in [2.45, 2.75) is 30.5 Å². The van der Waals surface area contributed by atoms with Gasteiger partial charge in [0.1, 0.15) is 37.1 Å². The highest BCUT2D eigenvalue weighted by molar-refractivity contribution is 5.91. The predicted molar refractivity (Wildman–Crippen MR) is 88.6 cm³/mol. The molecule has 5 unspecified atom stereocenters. The fourth-order valence-corrected chi connectivity index (χ4v) is 2.12. The van der Waals surface area contributed by atoms with E-state index in [-0.39, 0.29) is 22.8 Å². The zero-order chi connectivity index (χ0) is 20.7. The lowest BCUT2D eigenvalue weighted by Crippen LogP contribution is -2.51. The number of aromatic hydroxyl groups is 1. The molecule has 0 saturated heterocycles. The number of phenols is 1. The van der Waals surface area contributed by atoms with Crippen molar-refractivity contribution in [3.8, 4) is 17.2 Å². The number of aliphatic hydroxyl groups is 6. The molecule has 1 aromatic carbocycles. The number of carbonyl (C=O) groups is 1. The maximum Gasteiger partial charge on any atom is 0.338 e. The summed E-state index contributed by atoms with van der Waals surface area (Å²) < 4.78 is 14.6. The van der Waals surface area contributed by atoms with Gasteiger partial charge in [0.05, 0.1) is 26.4 Å². The molecule has 0 amide bonds. The first kappa shape index (κ1) is 22.9. The van der Waals surface area contributed by atoms with Crippen LogP contribution in [0.15, 0.2) is 12.1 Å². The van der Waals surface area contributed by atoms with Crippen LogP contribution in [0, 0.1) is 0 Å². The fourth-order valence-electron chi connectivity index (χ4n) is 2.12. The van der Waals surface area contributed by atoms with Crippen LogP contribution in [0.2, 0.25) is 0 Å². The Kier molecular flexibility index (Phi) is 8.69. The second-order valence-corrected chi connectivity index (χ2v) is 5.62. The third-order valence-electron chi connectivity index (χ3n) is 3.78. The lowest BCUT2D eigenvalue weighted by Gasteiger charge is -2.28. The van der Waals surface area contributed by atoms with Crippen molar-refractivity contribution >= 4 is 5.97 Å². The Hall–Kier alpha value is -2.15. The van der Waals surface area contributed by atoms with E-state index in [1.54, 1.807) is 0 Å². The van der Waals surface area contributed by atoms with Gasteiger partial charge >= 0.3 is 5.97 Å². The number of benzene rings is 1. The number of aliphatic hydroxyl groups excluding tert-OH is 6. The molecule has 5 atom stereocenters. The fraction of sp³-hybridized carbons (Fsp3) is 0.562. The molecule has 0 radical (unpaired) electrons. The molecule has 0 spiro atoms. The number of hydrogen-bond acceptors (Lipinski definition) is 11. The minimum Gasteiger partial charge on any atom is -0.502 e. The van der Waals surface area contributed by atoms with E-state index in [1.165, 1.54) is 26.4 Å². The number of esters is 1. The van der Waals surface area contributed by atoms with Gasteiger partial charge in [0.2, 0.25) is 5.75 Å². The van der Waals surface area contributed by atoms with Gasteiger partial charge in [0.15, 0.2) is 11.5 Å². The molecule has 27 heavy (non-hydrogen) atoms. The summed E-state index contributed by atoms with van der Waals surface area (Å²) in [4.78, 5) is 12.1. The van der Waals surface area contributed by atoms with Crippen molar-refractivity contribution < 1.29 is 54.8 Å². The summed E-state index contributed by atoms with van der Waals surface area (Å²) in [6, 6.07) is 2.33. The maximum atomic E-state index is 12.1. The maximum absolute atomic E-state index is 12.1. The van der Waals surface area contributed by atoms with Crippen LogP contribution < -0.4 is 9.47 Å². The van der Waals surface area contributed by atoms with Crippen molar-refractivity contribution in [1.82, 2.24) is 0 Å². The van der Waals surface area contributed by atoms with Crippen LogP contribution in [0.4, 0.5) is 0 Å². The Morgan fingerprint density at radius 3 is 1.85 bits per heavy atom. The van der Waals surface area contributed by atoms with Crippen LogP contribution in [0.3, 0.4) is 0 Å². The van der Waals surface area contributed by atoms with Crippen LogP contribution in [0.25, 0.3) is 0 Å². The first-order valence-corrected chi connectivity index (χ1v) is 7.81. The van der Waals surface area contributed by atoms with Crippen molar-refractivity contribution in [2.75, 3.05) is 27.4 Å². The van der Waals surface area contributed by atoms with Crippen LogP contribution >= 0.6 is 0 Å². The Labute approximate surface area is 154 Å². The van der Waals surface area contributed by atoms with E-state index in [9.17, 15) is 35.4 Å². The molecule has 0 aliphatic heterocycles. The SMILES string of the molecule is COc1cc(C(=O)OCC(O)C(O)C(O)C(O)C(O)CO)cc(OC)c1O. The molecular weight excluding hydrogens is 368 g/mol. The quantitative estimate of drug-likeness (QED) is 0.206. The number of hydrogen-bond donors (Lipinski definition) is 7. The lowest BCUT2D eigenvalue weighted by atomic mass is 10.00. The Balaban J connectivity index is 2.76. The third kappa shape index (κ3) is 5.66. The molecule has 0 bridgehead atoms. The zero-order valence-electron chi connectivity index (χ0n) is 14.7. The second kappa shape index (κ2) is 10.3. The average Bonchev–Trinajstić information content (AvgIpc) is 2.69. The number of methoxy groups -OCH3 is 2. The van der Waals surface area contributed by atoms with E-state index in [2.05, 4.69) is 0 Å². The van der Waals surface area contributed by atoms with E-state index in [0.717, 1.165) is 0 Å². The van der Waals surface area contributed by atoms with Crippen molar-refractivity contribution in [3.05, 3.63) is 17.7 Å². The molecule has 11 nitrogen and oxygen atoms in total. The summed E-state index contributed by atoms with van der Waals surface area (Å²) in [5.41, 5.74) is -0.0838. The van der Waals surface area contributed by atoms with Gasteiger partial charge in [0.25, 0.3) is 0 Å². The Bertz CT molecular complexity index is 595. The van der Waals surface area contributed by atoms with Gasteiger partial charge in [-0.05, 0) is 12.1 Å². The van der Waals surface area contributed by atoms with E-state index >= 15 is 0 Å². The van der Waals surface area contributed by atoms with Gasteiger partial charge in [0, 0.05) is 0 Å². The van der Waals surface area contributed by atoms with Crippen LogP contribution in [-0.4, -0.2) is 99.7 Å². The molecule has 0 heterocycles. The molecule has 0 aliphatic carbocycles. The molecule has 1 rings (SSSR count). The van der Waals surface area contributed by atoms with Crippen molar-refractivity contribution in [2.24, 2.45) is 0 Å². The highest BCUT2D eigenvalue weighted by Crippen LogP contribution is 2.37. The van der Waals surface area contributed by atoms with Gasteiger partial charge < -0.3 is 50.0 Å². The van der Waals surface area contributed by atoms with E-state index in [1.807, 2.05) is 0 Å². The summed E-state index contributed by atoms with van der Waals surface area (Å²) in [7, 11) is 2.52. The van der Waals surface area contributed by atoms with Crippen LogP contribution in [0.1, 0.15) is 10.4 Å². The van der Waals surface area contributed by atoms with Crippen LogP contribution in [0.5, 0.6) is 17.2 Å². The number of ether oxygens (including phenoxy) is 3. The van der Waals surface area contributed by atoms with Gasteiger partial charge in [-0.2, -0.15) is 0 Å². The first-order valence-electron chi connectivity index (χ1n) is 7.81. The molecule has 7 N–H and O–H groups in total. The minimum absolute atomic E-state index is 0.0570. The van der Waals surface area contributed by atoms with E-state index < -0.39 is 49.7 Å². The number of rotatable bonds is 10. The van der Waals surface area contributed by atoms with Gasteiger partial charge in [-0.25, -0.2) is 4.79 Å². The predicted octanol–water partition coefficient (Wildman–Crippen LogP) is -2.64. The number of carbonyl (C=O) groups excluding carboxylic acids is 1. The monoisotopic (exact) mass is 392 g/mol. The summed E-state index contributed by atoms with van der Waals surface area (Å²) in [5, 5.41) is 66.5. The second-order valence-electron chi connectivity index (χ2n) is 5.62. The smallest absolute Gasteiger partial charge is 0.338 e. The van der Waals surface area contributed by atoms with E-state index in [4.69, 9.17) is 19.3 Å². The van der Waals surface area contributed by atoms with Gasteiger partial charge in [-0.1, -0.05) is 0 Å². The third-order valence-corrected chi connectivity index (χ3v) is 3.78. The molecule has 0 aliphatic rings. The van der Waals surface area contributed by atoms with Crippen LogP contribution in [-0.2, 0) is 4.74 Å². The summed E-state index contributed by atoms with van der Waals surface area (Å²) in [6.07, 6.45) is -9.44. The van der Waals surface area contributed by atoms with E-state index in [0.29, 0.717) is 0 Å². The average molecular weight is 392 g/mol. The highest BCUT2D eigenvalue weighted by Gasteiger charge is 2.34. The normalized spacial score (nSPS) is 16.7. The van der Waals surface area contributed by atoms with Gasteiger partial charge in [-0.3, -0.25) is 0 Å². The Morgan fingerprint density at radius 2 is 1.41 bits per heavy atom. The molecule has 0 fully saturated rings. The zero-order valence-corrected chi connectivity index (χ0v) is 14.7.